The summed E-state index contributed by atoms with van der Waals surface area (Å²) < 4.78 is 46.9. The van der Waals surface area contributed by atoms with Crippen LogP contribution in [0.2, 0.25) is 0 Å². The van der Waals surface area contributed by atoms with Gasteiger partial charge in [0.25, 0.3) is 6.43 Å². The zero-order valence-electron chi connectivity index (χ0n) is 11.9. The molecule has 11 heteroatoms. The van der Waals surface area contributed by atoms with Gasteiger partial charge in [-0.15, -0.1) is 0 Å². The molecule has 2 aromatic heterocycles. The maximum atomic E-state index is 14.4. The summed E-state index contributed by atoms with van der Waals surface area (Å²) in [5, 5.41) is 23.0. The minimum Gasteiger partial charge on any atom is -0.393 e. The molecule has 1 fully saturated rings. The van der Waals surface area contributed by atoms with Crippen molar-refractivity contribution in [3.05, 3.63) is 17.7 Å². The highest BCUT2D eigenvalue weighted by atomic mass is 19.3. The first-order valence-electron chi connectivity index (χ1n) is 6.68. The summed E-state index contributed by atoms with van der Waals surface area (Å²) >= 11 is 0. The van der Waals surface area contributed by atoms with Crippen LogP contribution in [0.1, 0.15) is 17.6 Å². The van der Waals surface area contributed by atoms with Gasteiger partial charge in [-0.2, -0.15) is 5.10 Å². The van der Waals surface area contributed by atoms with E-state index in [1.807, 2.05) is 0 Å². The SMILES string of the molecule is Cc1nc(N)c2ncc([C@@H]3O[C@@](CO)(C(F)F)[C@@H](O)[C@H]3F)n2n1. The number of nitrogens with zero attached hydrogens (tertiary/aromatic N) is 4. The standard InChI is InChI=1S/C12H14F3N5O3/c1-4-18-9(16)10-17-2-5(20(10)19-4)7-6(13)8(22)12(3-21,23-7)11(14)15/h2,6-8,11,21-22H,3H2,1H3,(H2,16,18,19)/t6-,7-,8-,12+/m0/s1. The molecule has 0 radical (unpaired) electrons. The smallest absolute Gasteiger partial charge is 0.272 e. The number of ether oxygens (including phenoxy) is 1. The quantitative estimate of drug-likeness (QED) is 0.710. The van der Waals surface area contributed by atoms with E-state index in [4.69, 9.17) is 10.5 Å². The monoisotopic (exact) mass is 333 g/mol. The topological polar surface area (TPSA) is 119 Å². The third kappa shape index (κ3) is 2.15. The van der Waals surface area contributed by atoms with E-state index in [-0.39, 0.29) is 23.0 Å². The van der Waals surface area contributed by atoms with Crippen molar-refractivity contribution < 1.29 is 28.1 Å². The summed E-state index contributed by atoms with van der Waals surface area (Å²) in [5.74, 6) is 0.283. The zero-order chi connectivity index (χ0) is 16.9. The maximum absolute atomic E-state index is 14.4. The van der Waals surface area contributed by atoms with Crippen molar-refractivity contribution >= 4 is 11.5 Å². The number of aliphatic hydroxyl groups excluding tert-OH is 2. The first kappa shape index (κ1) is 15.9. The second-order valence-electron chi connectivity index (χ2n) is 5.30. The molecular formula is C12H14F3N5O3. The molecule has 2 aromatic rings. The average molecular weight is 333 g/mol. The number of anilines is 1. The Morgan fingerprint density at radius 3 is 2.78 bits per heavy atom. The summed E-state index contributed by atoms with van der Waals surface area (Å²) in [6.45, 7) is 0.295. The molecule has 0 amide bonds. The fourth-order valence-corrected chi connectivity index (χ4v) is 2.63. The first-order chi connectivity index (χ1) is 10.8. The number of fused-ring (bicyclic) bond motifs is 1. The Morgan fingerprint density at radius 1 is 1.52 bits per heavy atom. The van der Waals surface area contributed by atoms with Gasteiger partial charge in [0.15, 0.2) is 23.2 Å². The summed E-state index contributed by atoms with van der Waals surface area (Å²) in [6.07, 6.45) is -8.13. The second-order valence-corrected chi connectivity index (χ2v) is 5.30. The lowest BCUT2D eigenvalue weighted by molar-refractivity contribution is -0.186. The van der Waals surface area contributed by atoms with Gasteiger partial charge < -0.3 is 20.7 Å². The maximum Gasteiger partial charge on any atom is 0.272 e. The summed E-state index contributed by atoms with van der Waals surface area (Å²) in [6, 6.07) is 0. The Morgan fingerprint density at radius 2 is 2.22 bits per heavy atom. The van der Waals surface area contributed by atoms with E-state index in [1.54, 1.807) is 0 Å². The van der Waals surface area contributed by atoms with E-state index < -0.39 is 37.0 Å². The molecule has 3 heterocycles. The molecular weight excluding hydrogens is 319 g/mol. The van der Waals surface area contributed by atoms with Crippen LogP contribution >= 0.6 is 0 Å². The van der Waals surface area contributed by atoms with E-state index in [0.717, 1.165) is 10.7 Å². The molecule has 1 aliphatic rings. The van der Waals surface area contributed by atoms with E-state index in [0.29, 0.717) is 0 Å². The number of alkyl halides is 3. The number of halogens is 3. The minimum atomic E-state index is -3.29. The molecule has 1 saturated heterocycles. The van der Waals surface area contributed by atoms with Crippen molar-refractivity contribution in [3.8, 4) is 0 Å². The van der Waals surface area contributed by atoms with E-state index >= 15 is 0 Å². The summed E-state index contributed by atoms with van der Waals surface area (Å²) in [5.41, 5.74) is 3.07. The lowest BCUT2D eigenvalue weighted by Crippen LogP contribution is -2.51. The molecule has 0 spiro atoms. The van der Waals surface area contributed by atoms with Crippen molar-refractivity contribution in [1.29, 1.82) is 0 Å². The van der Waals surface area contributed by atoms with Crippen molar-refractivity contribution in [2.24, 2.45) is 0 Å². The van der Waals surface area contributed by atoms with Gasteiger partial charge in [-0.05, 0) is 6.92 Å². The number of hydrogen-bond donors (Lipinski definition) is 3. The number of nitrogens with two attached hydrogens (primary N) is 1. The highest BCUT2D eigenvalue weighted by molar-refractivity contribution is 5.59. The Labute approximate surface area is 127 Å². The van der Waals surface area contributed by atoms with E-state index in [2.05, 4.69) is 15.1 Å². The molecule has 0 aliphatic carbocycles. The Balaban J connectivity index is 2.09. The fourth-order valence-electron chi connectivity index (χ4n) is 2.63. The minimum absolute atomic E-state index is 0.0141. The fraction of sp³-hybridized carbons (Fsp3) is 0.583. The van der Waals surface area contributed by atoms with Crippen LogP contribution in [-0.4, -0.2) is 60.7 Å². The van der Waals surface area contributed by atoms with E-state index in [9.17, 15) is 23.4 Å². The van der Waals surface area contributed by atoms with Crippen LogP contribution < -0.4 is 5.73 Å². The summed E-state index contributed by atoms with van der Waals surface area (Å²) in [4.78, 5) is 7.80. The molecule has 1 aliphatic heterocycles. The van der Waals surface area contributed by atoms with E-state index in [1.165, 1.54) is 6.92 Å². The molecule has 4 atom stereocenters. The largest absolute Gasteiger partial charge is 0.393 e. The van der Waals surface area contributed by atoms with Crippen molar-refractivity contribution in [1.82, 2.24) is 19.6 Å². The van der Waals surface area contributed by atoms with Crippen molar-refractivity contribution in [3.63, 3.8) is 0 Å². The number of hydrogen-bond acceptors (Lipinski definition) is 7. The third-order valence-corrected chi connectivity index (χ3v) is 3.87. The van der Waals surface area contributed by atoms with Gasteiger partial charge in [-0.1, -0.05) is 0 Å². The van der Waals surface area contributed by atoms with Crippen LogP contribution in [0.15, 0.2) is 6.20 Å². The first-order valence-corrected chi connectivity index (χ1v) is 6.68. The molecule has 0 aromatic carbocycles. The molecule has 0 bridgehead atoms. The van der Waals surface area contributed by atoms with Gasteiger partial charge in [0, 0.05) is 0 Å². The molecule has 23 heavy (non-hydrogen) atoms. The van der Waals surface area contributed by atoms with Crippen molar-refractivity contribution in [2.45, 2.75) is 37.3 Å². The van der Waals surface area contributed by atoms with Gasteiger partial charge in [0.1, 0.15) is 18.0 Å². The average Bonchev–Trinajstić information content (AvgIpc) is 3.01. The number of nitrogen functional groups attached to an aromatic ring is 1. The highest BCUT2D eigenvalue weighted by Crippen LogP contribution is 2.44. The Kier molecular flexibility index (Phi) is 3.65. The van der Waals surface area contributed by atoms with Crippen LogP contribution in [-0.2, 0) is 4.74 Å². The van der Waals surface area contributed by atoms with Crippen molar-refractivity contribution in [2.75, 3.05) is 12.3 Å². The highest BCUT2D eigenvalue weighted by Gasteiger charge is 2.61. The third-order valence-electron chi connectivity index (χ3n) is 3.87. The van der Waals surface area contributed by atoms with Crippen LogP contribution in [0.25, 0.3) is 5.65 Å². The molecule has 4 N–H and O–H groups in total. The van der Waals surface area contributed by atoms with Crippen LogP contribution in [0.4, 0.5) is 19.0 Å². The molecule has 0 saturated carbocycles. The molecule has 126 valence electrons. The molecule has 0 unspecified atom stereocenters. The van der Waals surface area contributed by atoms with Gasteiger partial charge in [-0.25, -0.2) is 27.7 Å². The number of imidazole rings is 1. The van der Waals surface area contributed by atoms with Crippen LogP contribution in [0.3, 0.4) is 0 Å². The predicted octanol–water partition coefficient (Wildman–Crippen LogP) is -0.219. The van der Waals surface area contributed by atoms with Gasteiger partial charge in [0.05, 0.1) is 18.5 Å². The van der Waals surface area contributed by atoms with Gasteiger partial charge >= 0.3 is 0 Å². The van der Waals surface area contributed by atoms with Gasteiger partial charge in [-0.3, -0.25) is 0 Å². The van der Waals surface area contributed by atoms with Crippen LogP contribution in [0.5, 0.6) is 0 Å². The second kappa shape index (κ2) is 5.28. The summed E-state index contributed by atoms with van der Waals surface area (Å²) in [7, 11) is 0. The lowest BCUT2D eigenvalue weighted by atomic mass is 9.96. The predicted molar refractivity (Wildman–Crippen MR) is 70.5 cm³/mol. The Hall–Kier alpha value is -1.98. The molecule has 3 rings (SSSR count). The Bertz CT molecular complexity index is 742. The zero-order valence-corrected chi connectivity index (χ0v) is 11.9. The lowest BCUT2D eigenvalue weighted by Gasteiger charge is -2.28. The number of aliphatic hydroxyl groups is 2. The number of rotatable bonds is 3. The normalized spacial score (nSPS) is 31.3. The van der Waals surface area contributed by atoms with Crippen LogP contribution in [0, 0.1) is 6.92 Å². The van der Waals surface area contributed by atoms with Gasteiger partial charge in [0.2, 0.25) is 0 Å². The molecule has 8 nitrogen and oxygen atoms in total. The number of aromatic nitrogens is 4. The number of aryl methyl sites for hydroxylation is 1.